The van der Waals surface area contributed by atoms with Gasteiger partial charge in [-0.1, -0.05) is 18.2 Å². The summed E-state index contributed by atoms with van der Waals surface area (Å²) in [6.45, 7) is 2.28. The van der Waals surface area contributed by atoms with Gasteiger partial charge in [0.2, 0.25) is 0 Å². The first-order chi connectivity index (χ1) is 9.16. The van der Waals surface area contributed by atoms with Crippen LogP contribution in [0, 0.1) is 12.7 Å². The largest absolute Gasteiger partial charge is 0.493 e. The van der Waals surface area contributed by atoms with Crippen molar-refractivity contribution in [1.82, 2.24) is 0 Å². The van der Waals surface area contributed by atoms with Crippen molar-refractivity contribution in [2.75, 3.05) is 6.61 Å². The monoisotopic (exact) mass is 258 g/mol. The fourth-order valence-corrected chi connectivity index (χ4v) is 1.75. The molecule has 0 atom stereocenters. The number of hydrogen-bond acceptors (Lipinski definition) is 2. The molecule has 0 N–H and O–H groups in total. The Morgan fingerprint density at radius 2 is 1.79 bits per heavy atom. The average Bonchev–Trinajstić information content (AvgIpc) is 2.41. The van der Waals surface area contributed by atoms with Gasteiger partial charge in [0.1, 0.15) is 11.6 Å². The van der Waals surface area contributed by atoms with E-state index in [1.165, 1.54) is 24.3 Å². The van der Waals surface area contributed by atoms with Gasteiger partial charge in [0.25, 0.3) is 0 Å². The Morgan fingerprint density at radius 3 is 2.47 bits per heavy atom. The van der Waals surface area contributed by atoms with Crippen molar-refractivity contribution in [2.45, 2.75) is 13.3 Å². The molecule has 2 aromatic rings. The number of hydrogen-bond donors (Lipinski definition) is 0. The van der Waals surface area contributed by atoms with Gasteiger partial charge in [0.15, 0.2) is 5.78 Å². The molecule has 2 aromatic carbocycles. The number of halogens is 1. The number of rotatable bonds is 5. The van der Waals surface area contributed by atoms with Crippen LogP contribution < -0.4 is 4.74 Å². The molecule has 0 spiro atoms. The molecule has 3 heteroatoms. The van der Waals surface area contributed by atoms with Crippen molar-refractivity contribution in [3.63, 3.8) is 0 Å². The zero-order valence-electron chi connectivity index (χ0n) is 10.7. The lowest BCUT2D eigenvalue weighted by Crippen LogP contribution is -2.07. The van der Waals surface area contributed by atoms with E-state index in [-0.39, 0.29) is 18.0 Å². The topological polar surface area (TPSA) is 26.3 Å². The summed E-state index contributed by atoms with van der Waals surface area (Å²) in [5.74, 6) is 0.399. The summed E-state index contributed by atoms with van der Waals surface area (Å²) < 4.78 is 18.3. The third-order valence-corrected chi connectivity index (χ3v) is 2.85. The van der Waals surface area contributed by atoms with Crippen LogP contribution in [-0.2, 0) is 0 Å². The first kappa shape index (κ1) is 13.3. The average molecular weight is 258 g/mol. The lowest BCUT2D eigenvalue weighted by Gasteiger charge is -2.08. The Hall–Kier alpha value is -2.16. The quantitative estimate of drug-likeness (QED) is 0.763. The Kier molecular flexibility index (Phi) is 4.29. The Morgan fingerprint density at radius 1 is 1.11 bits per heavy atom. The first-order valence-corrected chi connectivity index (χ1v) is 6.14. The van der Waals surface area contributed by atoms with Crippen LogP contribution in [-0.4, -0.2) is 12.4 Å². The summed E-state index contributed by atoms with van der Waals surface area (Å²) in [6.07, 6.45) is 0.278. The highest BCUT2D eigenvalue weighted by Crippen LogP contribution is 2.16. The number of aryl methyl sites for hydroxylation is 1. The van der Waals surface area contributed by atoms with Crippen LogP contribution >= 0.6 is 0 Å². The lowest BCUT2D eigenvalue weighted by molar-refractivity contribution is 0.0962. The van der Waals surface area contributed by atoms with Gasteiger partial charge >= 0.3 is 0 Å². The number of benzene rings is 2. The van der Waals surface area contributed by atoms with Crippen molar-refractivity contribution in [3.8, 4) is 5.75 Å². The van der Waals surface area contributed by atoms with Gasteiger partial charge in [-0.15, -0.1) is 0 Å². The maximum absolute atomic E-state index is 12.7. The number of ether oxygens (including phenoxy) is 1. The highest BCUT2D eigenvalue weighted by Gasteiger charge is 2.06. The Bertz CT molecular complexity index is 561. The molecular formula is C16H15FO2. The second-order valence-electron chi connectivity index (χ2n) is 4.29. The summed E-state index contributed by atoms with van der Waals surface area (Å²) in [5.41, 5.74) is 1.55. The molecule has 0 aromatic heterocycles. The minimum Gasteiger partial charge on any atom is -0.493 e. The van der Waals surface area contributed by atoms with Crippen LogP contribution in [0.15, 0.2) is 48.5 Å². The molecule has 0 bridgehead atoms. The Labute approximate surface area is 111 Å². The second-order valence-corrected chi connectivity index (χ2v) is 4.29. The molecule has 0 aliphatic rings. The van der Waals surface area contributed by atoms with E-state index < -0.39 is 0 Å². The number of carbonyl (C=O) groups excluding carboxylic acids is 1. The molecule has 0 saturated heterocycles. The fraction of sp³-hybridized carbons (Fsp3) is 0.188. The van der Waals surface area contributed by atoms with E-state index >= 15 is 0 Å². The van der Waals surface area contributed by atoms with Gasteiger partial charge in [-0.2, -0.15) is 0 Å². The van der Waals surface area contributed by atoms with Crippen molar-refractivity contribution >= 4 is 5.78 Å². The predicted molar refractivity (Wildman–Crippen MR) is 72.0 cm³/mol. The molecule has 0 aliphatic carbocycles. The van der Waals surface area contributed by atoms with Crippen molar-refractivity contribution in [2.24, 2.45) is 0 Å². The van der Waals surface area contributed by atoms with Gasteiger partial charge in [-0.25, -0.2) is 4.39 Å². The molecular weight excluding hydrogens is 243 g/mol. The van der Waals surface area contributed by atoms with E-state index in [4.69, 9.17) is 4.74 Å². The molecule has 0 saturated carbocycles. The molecule has 0 fully saturated rings. The minimum absolute atomic E-state index is 0.0476. The van der Waals surface area contributed by atoms with Crippen LogP contribution in [0.2, 0.25) is 0 Å². The van der Waals surface area contributed by atoms with Crippen LogP contribution in [0.25, 0.3) is 0 Å². The zero-order chi connectivity index (χ0) is 13.7. The van der Waals surface area contributed by atoms with E-state index in [0.717, 1.165) is 11.3 Å². The molecule has 0 unspecified atom stereocenters. The molecule has 2 rings (SSSR count). The van der Waals surface area contributed by atoms with E-state index in [9.17, 15) is 9.18 Å². The van der Waals surface area contributed by atoms with Crippen molar-refractivity contribution in [3.05, 3.63) is 65.5 Å². The number of Topliss-reactive ketones (excluding diaryl/α,β-unsaturated/α-hetero) is 1. The van der Waals surface area contributed by atoms with E-state index in [1.54, 1.807) is 0 Å². The maximum Gasteiger partial charge on any atom is 0.166 e. The number of para-hydroxylation sites is 1. The van der Waals surface area contributed by atoms with Crippen LogP contribution in [0.4, 0.5) is 4.39 Å². The number of ketones is 1. The van der Waals surface area contributed by atoms with Gasteiger partial charge in [0.05, 0.1) is 6.61 Å². The molecule has 0 radical (unpaired) electrons. The molecule has 0 heterocycles. The molecule has 2 nitrogen and oxygen atoms in total. The van der Waals surface area contributed by atoms with E-state index in [2.05, 4.69) is 0 Å². The summed E-state index contributed by atoms with van der Waals surface area (Å²) in [4.78, 5) is 11.8. The standard InChI is InChI=1S/C16H15FO2/c1-12-4-2-3-5-16(12)19-11-10-15(18)13-6-8-14(17)9-7-13/h2-9H,10-11H2,1H3. The molecule has 0 aliphatic heterocycles. The fourth-order valence-electron chi connectivity index (χ4n) is 1.75. The molecule has 19 heavy (non-hydrogen) atoms. The lowest BCUT2D eigenvalue weighted by atomic mass is 10.1. The van der Waals surface area contributed by atoms with Crippen LogP contribution in [0.5, 0.6) is 5.75 Å². The Balaban J connectivity index is 1.88. The smallest absolute Gasteiger partial charge is 0.166 e. The van der Waals surface area contributed by atoms with Crippen LogP contribution in [0.3, 0.4) is 0 Å². The third kappa shape index (κ3) is 3.65. The molecule has 98 valence electrons. The summed E-state index contributed by atoms with van der Waals surface area (Å²) in [7, 11) is 0. The van der Waals surface area contributed by atoms with Gasteiger partial charge < -0.3 is 4.74 Å². The summed E-state index contributed by atoms with van der Waals surface area (Å²) in [5, 5.41) is 0. The van der Waals surface area contributed by atoms with Gasteiger partial charge in [0, 0.05) is 12.0 Å². The normalized spacial score (nSPS) is 10.2. The highest BCUT2D eigenvalue weighted by atomic mass is 19.1. The molecule has 0 amide bonds. The third-order valence-electron chi connectivity index (χ3n) is 2.85. The SMILES string of the molecule is Cc1ccccc1OCCC(=O)c1ccc(F)cc1. The minimum atomic E-state index is -0.340. The van der Waals surface area contributed by atoms with Crippen molar-refractivity contribution < 1.29 is 13.9 Å². The summed E-state index contributed by atoms with van der Waals surface area (Å²) >= 11 is 0. The van der Waals surface area contributed by atoms with E-state index in [0.29, 0.717) is 12.2 Å². The maximum atomic E-state index is 12.7. The number of carbonyl (C=O) groups is 1. The predicted octanol–water partition coefficient (Wildman–Crippen LogP) is 3.79. The zero-order valence-corrected chi connectivity index (χ0v) is 10.7. The van der Waals surface area contributed by atoms with E-state index in [1.807, 2.05) is 31.2 Å². The van der Waals surface area contributed by atoms with Gasteiger partial charge in [-0.05, 0) is 42.8 Å². The van der Waals surface area contributed by atoms with Crippen LogP contribution in [0.1, 0.15) is 22.3 Å². The second kappa shape index (κ2) is 6.14. The first-order valence-electron chi connectivity index (χ1n) is 6.14. The summed E-state index contributed by atoms with van der Waals surface area (Å²) in [6, 6.07) is 13.2. The highest BCUT2D eigenvalue weighted by molar-refractivity contribution is 5.96. The van der Waals surface area contributed by atoms with Crippen molar-refractivity contribution in [1.29, 1.82) is 0 Å². The van der Waals surface area contributed by atoms with Gasteiger partial charge in [-0.3, -0.25) is 4.79 Å².